The highest BCUT2D eigenvalue weighted by Crippen LogP contribution is 2.31. The highest BCUT2D eigenvalue weighted by atomic mass is 32.2. The molecule has 26 heavy (non-hydrogen) atoms. The van der Waals surface area contributed by atoms with Crippen LogP contribution in [0.25, 0.3) is 10.6 Å². The zero-order valence-electron chi connectivity index (χ0n) is 14.5. The van der Waals surface area contributed by atoms with Crippen LogP contribution in [0.2, 0.25) is 0 Å². The summed E-state index contributed by atoms with van der Waals surface area (Å²) in [5.41, 5.74) is 3.52. The Labute approximate surface area is 165 Å². The lowest BCUT2D eigenvalue weighted by atomic mass is 10.2. The van der Waals surface area contributed by atoms with Crippen molar-refractivity contribution in [3.63, 3.8) is 0 Å². The van der Waals surface area contributed by atoms with Crippen molar-refractivity contribution in [3.05, 3.63) is 40.9 Å². The Kier molecular flexibility index (Phi) is 5.84. The smallest absolute Gasteiger partial charge is 0.206 e. The number of hydrogen-bond acceptors (Lipinski definition) is 8. The van der Waals surface area contributed by atoms with Crippen molar-refractivity contribution in [1.82, 2.24) is 15.2 Å². The maximum atomic E-state index is 5.61. The van der Waals surface area contributed by atoms with Gasteiger partial charge in [-0.1, -0.05) is 52.9 Å². The van der Waals surface area contributed by atoms with E-state index in [1.54, 1.807) is 34.4 Å². The summed E-state index contributed by atoms with van der Waals surface area (Å²) in [5, 5.41) is 15.9. The van der Waals surface area contributed by atoms with E-state index in [4.69, 9.17) is 9.72 Å². The number of ether oxygens (including phenoxy) is 1. The minimum Gasteiger partial charge on any atom is -0.376 e. The SMILES string of the molecule is Cc1ccc(-c2nc(CSc3nnc(NCC4CCCO4)s3)cs2)cc1. The maximum absolute atomic E-state index is 5.61. The highest BCUT2D eigenvalue weighted by Gasteiger charge is 2.16. The van der Waals surface area contributed by atoms with E-state index in [-0.39, 0.29) is 0 Å². The molecule has 1 aliphatic heterocycles. The molecule has 2 aromatic heterocycles. The number of hydrogen-bond donors (Lipinski definition) is 1. The lowest BCUT2D eigenvalue weighted by molar-refractivity contribution is 0.120. The summed E-state index contributed by atoms with van der Waals surface area (Å²) in [7, 11) is 0. The van der Waals surface area contributed by atoms with E-state index in [0.717, 1.165) is 51.9 Å². The van der Waals surface area contributed by atoms with E-state index >= 15 is 0 Å². The molecule has 1 unspecified atom stereocenters. The third-order valence-corrected chi connectivity index (χ3v) is 7.09. The molecular weight excluding hydrogens is 384 g/mol. The standard InChI is InChI=1S/C18H20N4OS3/c1-12-4-6-13(7-5-12)16-20-14(10-24-16)11-25-18-22-21-17(26-18)19-9-15-3-2-8-23-15/h4-7,10,15H,2-3,8-9,11H2,1H3,(H,19,21). The van der Waals surface area contributed by atoms with Crippen LogP contribution in [0, 0.1) is 6.92 Å². The number of nitrogens with zero attached hydrogens (tertiary/aromatic N) is 3. The number of aryl methyl sites for hydroxylation is 1. The summed E-state index contributed by atoms with van der Waals surface area (Å²) in [5.74, 6) is 0.808. The van der Waals surface area contributed by atoms with Crippen molar-refractivity contribution < 1.29 is 4.74 Å². The molecule has 0 radical (unpaired) electrons. The van der Waals surface area contributed by atoms with Crippen LogP contribution in [-0.4, -0.2) is 34.4 Å². The van der Waals surface area contributed by atoms with Crippen LogP contribution in [0.15, 0.2) is 34.0 Å². The van der Waals surface area contributed by atoms with Crippen LogP contribution in [0.3, 0.4) is 0 Å². The van der Waals surface area contributed by atoms with Gasteiger partial charge in [0.2, 0.25) is 5.13 Å². The summed E-state index contributed by atoms with van der Waals surface area (Å²) in [6.45, 7) is 3.78. The van der Waals surface area contributed by atoms with Gasteiger partial charge in [-0.3, -0.25) is 0 Å². The second-order valence-electron chi connectivity index (χ2n) is 6.19. The summed E-state index contributed by atoms with van der Waals surface area (Å²) in [6, 6.07) is 8.50. The minimum atomic E-state index is 0.310. The number of thiazole rings is 1. The molecule has 5 nitrogen and oxygen atoms in total. The average molecular weight is 405 g/mol. The predicted molar refractivity (Wildman–Crippen MR) is 109 cm³/mol. The Bertz CT molecular complexity index is 840. The largest absolute Gasteiger partial charge is 0.376 e. The van der Waals surface area contributed by atoms with E-state index in [9.17, 15) is 0 Å². The Morgan fingerprint density at radius 1 is 1.27 bits per heavy atom. The lowest BCUT2D eigenvalue weighted by Gasteiger charge is -2.08. The number of anilines is 1. The van der Waals surface area contributed by atoms with Crippen molar-refractivity contribution in [1.29, 1.82) is 0 Å². The van der Waals surface area contributed by atoms with Gasteiger partial charge in [0.25, 0.3) is 0 Å². The second kappa shape index (κ2) is 8.47. The summed E-state index contributed by atoms with van der Waals surface area (Å²) in [6.07, 6.45) is 2.59. The predicted octanol–water partition coefficient (Wildman–Crippen LogP) is 4.85. The van der Waals surface area contributed by atoms with Crippen LogP contribution in [0.5, 0.6) is 0 Å². The molecule has 3 heterocycles. The van der Waals surface area contributed by atoms with E-state index in [1.807, 2.05) is 0 Å². The van der Waals surface area contributed by atoms with Gasteiger partial charge in [-0.15, -0.1) is 21.5 Å². The van der Waals surface area contributed by atoms with Gasteiger partial charge >= 0.3 is 0 Å². The van der Waals surface area contributed by atoms with Crippen LogP contribution in [0.1, 0.15) is 24.1 Å². The van der Waals surface area contributed by atoms with Gasteiger partial charge in [-0.2, -0.15) is 0 Å². The molecule has 136 valence electrons. The van der Waals surface area contributed by atoms with Gasteiger partial charge < -0.3 is 10.1 Å². The molecule has 1 saturated heterocycles. The molecule has 0 saturated carbocycles. The fraction of sp³-hybridized carbons (Fsp3) is 0.389. The quantitative estimate of drug-likeness (QED) is 0.568. The normalized spacial score (nSPS) is 16.9. The van der Waals surface area contributed by atoms with Crippen LogP contribution < -0.4 is 5.32 Å². The first kappa shape index (κ1) is 17.9. The second-order valence-corrected chi connectivity index (χ2v) is 9.25. The molecule has 1 aliphatic rings. The molecule has 1 N–H and O–H groups in total. The molecule has 0 spiro atoms. The molecule has 0 amide bonds. The zero-order chi connectivity index (χ0) is 17.8. The monoisotopic (exact) mass is 404 g/mol. The van der Waals surface area contributed by atoms with Crippen LogP contribution in [-0.2, 0) is 10.5 Å². The Balaban J connectivity index is 1.29. The fourth-order valence-corrected chi connectivity index (χ4v) is 5.27. The van der Waals surface area contributed by atoms with E-state index in [0.29, 0.717) is 6.10 Å². The number of nitrogens with one attached hydrogen (secondary N) is 1. The third kappa shape index (κ3) is 4.62. The van der Waals surface area contributed by atoms with Crippen LogP contribution in [0.4, 0.5) is 5.13 Å². The van der Waals surface area contributed by atoms with Gasteiger partial charge in [0, 0.05) is 29.8 Å². The molecule has 8 heteroatoms. The number of rotatable bonds is 7. The molecule has 4 rings (SSSR count). The number of aromatic nitrogens is 3. The van der Waals surface area contributed by atoms with E-state index < -0.39 is 0 Å². The van der Waals surface area contributed by atoms with E-state index in [2.05, 4.69) is 52.1 Å². The first-order valence-electron chi connectivity index (χ1n) is 8.59. The lowest BCUT2D eigenvalue weighted by Crippen LogP contribution is -2.18. The van der Waals surface area contributed by atoms with Crippen molar-refractivity contribution in [2.45, 2.75) is 36.0 Å². The zero-order valence-corrected chi connectivity index (χ0v) is 16.9. The Hall–Kier alpha value is -1.48. The first-order chi connectivity index (χ1) is 12.8. The third-order valence-electron chi connectivity index (χ3n) is 4.11. The summed E-state index contributed by atoms with van der Waals surface area (Å²) >= 11 is 4.96. The first-order valence-corrected chi connectivity index (χ1v) is 11.3. The van der Waals surface area contributed by atoms with Gasteiger partial charge in [-0.25, -0.2) is 4.98 Å². The van der Waals surface area contributed by atoms with Gasteiger partial charge in [-0.05, 0) is 19.8 Å². The molecule has 1 atom stereocenters. The van der Waals surface area contributed by atoms with Gasteiger partial charge in [0.15, 0.2) is 4.34 Å². The molecule has 0 bridgehead atoms. The highest BCUT2D eigenvalue weighted by molar-refractivity contribution is 8.00. The minimum absolute atomic E-state index is 0.310. The maximum Gasteiger partial charge on any atom is 0.206 e. The fourth-order valence-electron chi connectivity index (χ4n) is 2.68. The van der Waals surface area contributed by atoms with Crippen molar-refractivity contribution >= 4 is 39.6 Å². The number of benzene rings is 1. The van der Waals surface area contributed by atoms with Gasteiger partial charge in [0.1, 0.15) is 5.01 Å². The summed E-state index contributed by atoms with van der Waals surface area (Å²) in [4.78, 5) is 4.74. The summed E-state index contributed by atoms with van der Waals surface area (Å²) < 4.78 is 6.58. The molecular formula is C18H20N4OS3. The van der Waals surface area contributed by atoms with Crippen LogP contribution >= 0.6 is 34.4 Å². The van der Waals surface area contributed by atoms with Crippen molar-refractivity contribution in [2.24, 2.45) is 0 Å². The van der Waals surface area contributed by atoms with Crippen molar-refractivity contribution in [2.75, 3.05) is 18.5 Å². The van der Waals surface area contributed by atoms with Gasteiger partial charge in [0.05, 0.1) is 11.8 Å². The molecule has 1 fully saturated rings. The molecule has 3 aromatic rings. The Morgan fingerprint density at radius 3 is 2.96 bits per heavy atom. The van der Waals surface area contributed by atoms with E-state index in [1.165, 1.54) is 11.1 Å². The Morgan fingerprint density at radius 2 is 2.15 bits per heavy atom. The molecule has 0 aliphatic carbocycles. The number of thioether (sulfide) groups is 1. The topological polar surface area (TPSA) is 59.9 Å². The average Bonchev–Trinajstić information content (AvgIpc) is 3.40. The van der Waals surface area contributed by atoms with Crippen molar-refractivity contribution in [3.8, 4) is 10.6 Å². The molecule has 1 aromatic carbocycles.